The van der Waals surface area contributed by atoms with Gasteiger partial charge in [-0.05, 0) is 76.3 Å². The lowest BCUT2D eigenvalue weighted by molar-refractivity contribution is -0.111. The first kappa shape index (κ1) is 23.1. The van der Waals surface area contributed by atoms with Gasteiger partial charge in [0, 0.05) is 0 Å². The van der Waals surface area contributed by atoms with Gasteiger partial charge in [0.25, 0.3) is 0 Å². The van der Waals surface area contributed by atoms with Crippen molar-refractivity contribution in [2.45, 2.75) is 76.3 Å². The molecule has 0 radical (unpaired) electrons. The second kappa shape index (κ2) is 9.44. The van der Waals surface area contributed by atoms with Crippen LogP contribution in [-0.2, 0) is 9.47 Å². The van der Waals surface area contributed by atoms with E-state index in [2.05, 4.69) is 6.07 Å². The van der Waals surface area contributed by atoms with Crippen LogP contribution in [0.1, 0.15) is 70.1 Å². The summed E-state index contributed by atoms with van der Waals surface area (Å²) in [5.74, 6) is 0.636. The van der Waals surface area contributed by atoms with Crippen LogP contribution in [-0.4, -0.2) is 35.0 Å². The van der Waals surface area contributed by atoms with Crippen molar-refractivity contribution >= 4 is 6.09 Å². The van der Waals surface area contributed by atoms with Gasteiger partial charge in [0.2, 0.25) is 0 Å². The monoisotopic (exact) mass is 448 g/mol. The molecule has 0 bridgehead atoms. The fourth-order valence-corrected chi connectivity index (χ4v) is 4.78. The number of rotatable bonds is 4. The first-order chi connectivity index (χ1) is 15.8. The fourth-order valence-electron chi connectivity index (χ4n) is 4.78. The second-order valence-corrected chi connectivity index (χ2v) is 9.82. The molecule has 2 atom stereocenters. The van der Waals surface area contributed by atoms with Crippen molar-refractivity contribution in [3.05, 3.63) is 65.7 Å². The highest BCUT2D eigenvalue weighted by atomic mass is 16.6. The van der Waals surface area contributed by atoms with Gasteiger partial charge in [-0.25, -0.2) is 4.79 Å². The Balaban J connectivity index is 1.71. The molecule has 6 nitrogen and oxygen atoms in total. The number of carbonyl (C=O) groups is 1. The summed E-state index contributed by atoms with van der Waals surface area (Å²) in [5, 5.41) is 9.12. The number of nitriles is 1. The van der Waals surface area contributed by atoms with Gasteiger partial charge < -0.3 is 14.2 Å². The zero-order valence-corrected chi connectivity index (χ0v) is 19.6. The van der Waals surface area contributed by atoms with Gasteiger partial charge in [0.05, 0.1) is 18.2 Å². The van der Waals surface area contributed by atoms with Gasteiger partial charge >= 0.3 is 6.09 Å². The Labute approximate surface area is 196 Å². The molecule has 1 spiro atoms. The highest BCUT2D eigenvalue weighted by molar-refractivity contribution is 5.70. The maximum atomic E-state index is 13.5. The molecule has 1 heterocycles. The topological polar surface area (TPSA) is 71.8 Å². The molecule has 0 unspecified atom stereocenters. The van der Waals surface area contributed by atoms with E-state index < -0.39 is 17.4 Å². The van der Waals surface area contributed by atoms with Gasteiger partial charge in [0.15, 0.2) is 0 Å². The molecule has 2 fully saturated rings. The highest BCUT2D eigenvalue weighted by Crippen LogP contribution is 2.45. The number of hydrogen-bond acceptors (Lipinski definition) is 5. The van der Waals surface area contributed by atoms with Crippen molar-refractivity contribution in [2.75, 3.05) is 6.61 Å². The van der Waals surface area contributed by atoms with Crippen molar-refractivity contribution in [3.63, 3.8) is 0 Å². The average Bonchev–Trinajstić information content (AvgIpc) is 3.16. The molecule has 2 aromatic rings. The quantitative estimate of drug-likeness (QED) is 0.576. The SMILES string of the molecule is CC(C)(C)OC(=O)N1[C@H]([C@H](Oc2ccc(C#N)cc2)c2ccccc2)COC12CCCCC2. The van der Waals surface area contributed by atoms with Crippen molar-refractivity contribution < 1.29 is 19.0 Å². The van der Waals surface area contributed by atoms with Crippen molar-refractivity contribution in [2.24, 2.45) is 0 Å². The molecule has 1 amide bonds. The zero-order chi connectivity index (χ0) is 23.5. The van der Waals surface area contributed by atoms with Crippen LogP contribution in [0.15, 0.2) is 54.6 Å². The number of nitrogens with zero attached hydrogens (tertiary/aromatic N) is 2. The minimum Gasteiger partial charge on any atom is -0.483 e. The van der Waals surface area contributed by atoms with E-state index in [1.54, 1.807) is 24.3 Å². The Morgan fingerprint density at radius 1 is 1.09 bits per heavy atom. The van der Waals surface area contributed by atoms with E-state index in [1.165, 1.54) is 0 Å². The molecule has 1 aliphatic heterocycles. The molecule has 0 aromatic heterocycles. The lowest BCUT2D eigenvalue weighted by Crippen LogP contribution is -2.55. The van der Waals surface area contributed by atoms with Gasteiger partial charge in [-0.2, -0.15) is 5.26 Å². The van der Waals surface area contributed by atoms with Crippen LogP contribution >= 0.6 is 0 Å². The summed E-state index contributed by atoms with van der Waals surface area (Å²) in [4.78, 5) is 15.4. The van der Waals surface area contributed by atoms with E-state index in [0.29, 0.717) is 17.9 Å². The molecule has 2 aliphatic rings. The largest absolute Gasteiger partial charge is 0.483 e. The summed E-state index contributed by atoms with van der Waals surface area (Å²) >= 11 is 0. The molecule has 4 rings (SSSR count). The lowest BCUT2D eigenvalue weighted by atomic mass is 9.89. The van der Waals surface area contributed by atoms with E-state index in [4.69, 9.17) is 19.5 Å². The van der Waals surface area contributed by atoms with Crippen molar-refractivity contribution in [3.8, 4) is 11.8 Å². The van der Waals surface area contributed by atoms with E-state index in [-0.39, 0.29) is 12.1 Å². The number of amides is 1. The summed E-state index contributed by atoms with van der Waals surface area (Å²) in [5.41, 5.74) is 0.249. The predicted octanol–water partition coefficient (Wildman–Crippen LogP) is 5.97. The summed E-state index contributed by atoms with van der Waals surface area (Å²) in [6, 6.07) is 18.7. The van der Waals surface area contributed by atoms with Crippen LogP contribution in [0.4, 0.5) is 4.79 Å². The minimum atomic E-state index is -0.660. The molecule has 1 saturated heterocycles. The molecule has 33 heavy (non-hydrogen) atoms. The van der Waals surface area contributed by atoms with Crippen LogP contribution in [0, 0.1) is 11.3 Å². The number of hydrogen-bond donors (Lipinski definition) is 0. The van der Waals surface area contributed by atoms with E-state index in [0.717, 1.165) is 37.7 Å². The summed E-state index contributed by atoms with van der Waals surface area (Å²) in [7, 11) is 0. The normalized spacial score (nSPS) is 20.8. The van der Waals surface area contributed by atoms with Crippen LogP contribution in [0.2, 0.25) is 0 Å². The minimum absolute atomic E-state index is 0.351. The summed E-state index contributed by atoms with van der Waals surface area (Å²) in [6.07, 6.45) is 3.94. The van der Waals surface area contributed by atoms with E-state index >= 15 is 0 Å². The zero-order valence-electron chi connectivity index (χ0n) is 19.6. The molecule has 174 valence electrons. The van der Waals surface area contributed by atoms with Crippen LogP contribution in [0.5, 0.6) is 5.75 Å². The Morgan fingerprint density at radius 3 is 2.36 bits per heavy atom. The van der Waals surface area contributed by atoms with Gasteiger partial charge in [0.1, 0.15) is 29.2 Å². The Morgan fingerprint density at radius 2 is 1.76 bits per heavy atom. The molecule has 1 saturated carbocycles. The van der Waals surface area contributed by atoms with Crippen LogP contribution in [0.3, 0.4) is 0 Å². The Bertz CT molecular complexity index is 986. The third-order valence-electron chi connectivity index (χ3n) is 6.24. The molecule has 0 N–H and O–H groups in total. The van der Waals surface area contributed by atoms with Crippen LogP contribution in [0.25, 0.3) is 0 Å². The van der Waals surface area contributed by atoms with Gasteiger partial charge in [-0.15, -0.1) is 0 Å². The maximum Gasteiger partial charge on any atom is 0.413 e. The first-order valence-electron chi connectivity index (χ1n) is 11.7. The third kappa shape index (κ3) is 5.15. The lowest BCUT2D eigenvalue weighted by Gasteiger charge is -2.43. The fraction of sp³-hybridized carbons (Fsp3) is 0.481. The average molecular weight is 449 g/mol. The number of carbonyl (C=O) groups excluding carboxylic acids is 1. The summed E-state index contributed by atoms with van der Waals surface area (Å²) < 4.78 is 18.8. The maximum absolute atomic E-state index is 13.5. The molecule has 6 heteroatoms. The Kier molecular flexibility index (Phi) is 6.62. The standard InChI is InChI=1S/C27H32N2O4/c1-26(2,3)33-25(30)29-23(19-31-27(29)16-8-5-9-17-27)24(21-10-6-4-7-11-21)32-22-14-12-20(18-28)13-15-22/h4,6-7,10-15,23-24H,5,8-9,16-17,19H2,1-3H3/t23-,24+/m0/s1. The predicted molar refractivity (Wildman–Crippen MR) is 125 cm³/mol. The second-order valence-electron chi connectivity index (χ2n) is 9.82. The van der Waals surface area contributed by atoms with Crippen molar-refractivity contribution in [1.29, 1.82) is 5.26 Å². The third-order valence-corrected chi connectivity index (χ3v) is 6.24. The van der Waals surface area contributed by atoms with E-state index in [1.807, 2.05) is 56.0 Å². The first-order valence-corrected chi connectivity index (χ1v) is 11.7. The highest BCUT2D eigenvalue weighted by Gasteiger charge is 2.54. The number of ether oxygens (including phenoxy) is 3. The van der Waals surface area contributed by atoms with Crippen molar-refractivity contribution in [1.82, 2.24) is 4.90 Å². The number of benzene rings is 2. The smallest absolute Gasteiger partial charge is 0.413 e. The molecular formula is C27H32N2O4. The van der Waals surface area contributed by atoms with Gasteiger partial charge in [-0.1, -0.05) is 36.8 Å². The molecular weight excluding hydrogens is 416 g/mol. The molecule has 1 aliphatic carbocycles. The summed E-state index contributed by atoms with van der Waals surface area (Å²) in [6.45, 7) is 6.01. The van der Waals surface area contributed by atoms with E-state index in [9.17, 15) is 4.79 Å². The van der Waals surface area contributed by atoms with Crippen LogP contribution < -0.4 is 4.74 Å². The Hall–Kier alpha value is -3.04. The molecule has 2 aromatic carbocycles. The van der Waals surface area contributed by atoms with Gasteiger partial charge in [-0.3, -0.25) is 4.90 Å².